The highest BCUT2D eigenvalue weighted by molar-refractivity contribution is 7.07. The molecular formula is C11H18N2O3S. The molecule has 1 rings (SSSR count). The van der Waals surface area contributed by atoms with Gasteiger partial charge in [0.2, 0.25) is 5.91 Å². The third-order valence-corrected chi connectivity index (χ3v) is 3.37. The molecule has 0 aliphatic heterocycles. The van der Waals surface area contributed by atoms with Gasteiger partial charge in [-0.3, -0.25) is 9.59 Å². The van der Waals surface area contributed by atoms with Crippen molar-refractivity contribution >= 4 is 17.2 Å². The van der Waals surface area contributed by atoms with E-state index in [0.717, 1.165) is 17.0 Å². The maximum atomic E-state index is 11.7. The second-order valence-electron chi connectivity index (χ2n) is 4.17. The summed E-state index contributed by atoms with van der Waals surface area (Å²) in [6.45, 7) is 4.20. The Bertz CT molecular complexity index is 436. The van der Waals surface area contributed by atoms with Gasteiger partial charge < -0.3 is 14.6 Å². The lowest BCUT2D eigenvalue weighted by Gasteiger charge is -2.18. The topological polar surface area (TPSA) is 62.5 Å². The maximum absolute atomic E-state index is 11.7. The van der Waals surface area contributed by atoms with E-state index in [0.29, 0.717) is 13.1 Å². The lowest BCUT2D eigenvalue weighted by molar-refractivity contribution is -0.131. The monoisotopic (exact) mass is 258 g/mol. The number of rotatable bonds is 5. The van der Waals surface area contributed by atoms with Crippen LogP contribution in [-0.2, 0) is 11.3 Å². The molecule has 1 N–H and O–H groups in total. The molecule has 0 bridgehead atoms. The zero-order valence-electron chi connectivity index (χ0n) is 10.3. The summed E-state index contributed by atoms with van der Waals surface area (Å²) in [6.07, 6.45) is -0.254. The normalized spacial score (nSPS) is 12.5. The first-order valence-electron chi connectivity index (χ1n) is 5.48. The predicted octanol–water partition coefficient (Wildman–Crippen LogP) is 0.448. The van der Waals surface area contributed by atoms with Crippen LogP contribution in [0.2, 0.25) is 0 Å². The number of aryl methyl sites for hydroxylation is 1. The predicted molar refractivity (Wildman–Crippen MR) is 67.3 cm³/mol. The summed E-state index contributed by atoms with van der Waals surface area (Å²) in [5.74, 6) is -0.0663. The highest BCUT2D eigenvalue weighted by Gasteiger charge is 2.12. The molecule has 1 aromatic heterocycles. The number of thiazole rings is 1. The Morgan fingerprint density at radius 1 is 1.65 bits per heavy atom. The molecule has 0 aliphatic carbocycles. The maximum Gasteiger partial charge on any atom is 0.307 e. The van der Waals surface area contributed by atoms with Gasteiger partial charge in [-0.15, -0.1) is 0 Å². The van der Waals surface area contributed by atoms with Crippen molar-refractivity contribution in [3.8, 4) is 0 Å². The van der Waals surface area contributed by atoms with Crippen LogP contribution in [0.4, 0.5) is 0 Å². The fraction of sp³-hybridized carbons (Fsp3) is 0.636. The van der Waals surface area contributed by atoms with E-state index in [9.17, 15) is 9.59 Å². The summed E-state index contributed by atoms with van der Waals surface area (Å²) in [5, 5.41) is 10.9. The summed E-state index contributed by atoms with van der Waals surface area (Å²) >= 11 is 1.14. The number of hydrogen-bond acceptors (Lipinski definition) is 4. The molecule has 0 saturated carbocycles. The molecule has 96 valence electrons. The minimum atomic E-state index is -0.533. The molecule has 1 heterocycles. The Morgan fingerprint density at radius 2 is 2.29 bits per heavy atom. The molecule has 0 spiro atoms. The van der Waals surface area contributed by atoms with Crippen molar-refractivity contribution in [2.75, 3.05) is 13.6 Å². The lowest BCUT2D eigenvalue weighted by Crippen LogP contribution is -2.34. The van der Waals surface area contributed by atoms with Crippen LogP contribution in [0.1, 0.15) is 19.0 Å². The van der Waals surface area contributed by atoms with Crippen LogP contribution in [0.25, 0.3) is 0 Å². The van der Waals surface area contributed by atoms with Crippen molar-refractivity contribution < 1.29 is 9.90 Å². The number of aliphatic hydroxyl groups is 1. The van der Waals surface area contributed by atoms with Gasteiger partial charge in [0, 0.05) is 37.6 Å². The first-order valence-corrected chi connectivity index (χ1v) is 6.36. The van der Waals surface area contributed by atoms with E-state index >= 15 is 0 Å². The Kier molecular flexibility index (Phi) is 4.89. The average molecular weight is 258 g/mol. The molecule has 17 heavy (non-hydrogen) atoms. The molecule has 0 fully saturated rings. The fourth-order valence-corrected chi connectivity index (χ4v) is 2.33. The van der Waals surface area contributed by atoms with E-state index in [1.807, 2.05) is 6.92 Å². The van der Waals surface area contributed by atoms with Crippen molar-refractivity contribution in [1.29, 1.82) is 0 Å². The van der Waals surface area contributed by atoms with E-state index in [4.69, 9.17) is 5.11 Å². The van der Waals surface area contributed by atoms with Crippen molar-refractivity contribution in [3.05, 3.63) is 20.7 Å². The van der Waals surface area contributed by atoms with E-state index < -0.39 is 6.10 Å². The molecular weight excluding hydrogens is 240 g/mol. The molecule has 0 aliphatic rings. The van der Waals surface area contributed by atoms with Gasteiger partial charge in [-0.05, 0) is 13.8 Å². The van der Waals surface area contributed by atoms with E-state index in [2.05, 4.69) is 0 Å². The SMILES string of the molecule is Cc1csc(=O)n1CCC(=O)N(C)CC(C)O. The van der Waals surface area contributed by atoms with Crippen LogP contribution < -0.4 is 4.87 Å². The smallest absolute Gasteiger partial charge is 0.307 e. The van der Waals surface area contributed by atoms with Gasteiger partial charge in [-0.25, -0.2) is 0 Å². The number of likely N-dealkylation sites (N-methyl/N-ethyl adjacent to an activating group) is 1. The zero-order valence-corrected chi connectivity index (χ0v) is 11.2. The molecule has 5 nitrogen and oxygen atoms in total. The zero-order chi connectivity index (χ0) is 13.0. The Hall–Kier alpha value is -1.14. The van der Waals surface area contributed by atoms with Gasteiger partial charge in [0.15, 0.2) is 0 Å². The van der Waals surface area contributed by atoms with Gasteiger partial charge in [0.25, 0.3) is 0 Å². The summed E-state index contributed by atoms with van der Waals surface area (Å²) in [5.41, 5.74) is 0.881. The summed E-state index contributed by atoms with van der Waals surface area (Å²) in [6, 6.07) is 0. The quantitative estimate of drug-likeness (QED) is 0.834. The van der Waals surface area contributed by atoms with Gasteiger partial charge in [0.05, 0.1) is 6.10 Å². The number of carbonyl (C=O) groups excluding carboxylic acids is 1. The van der Waals surface area contributed by atoms with Crippen LogP contribution in [0, 0.1) is 6.92 Å². The molecule has 1 amide bonds. The summed E-state index contributed by atoms with van der Waals surface area (Å²) in [7, 11) is 1.65. The highest BCUT2D eigenvalue weighted by Crippen LogP contribution is 2.02. The summed E-state index contributed by atoms with van der Waals surface area (Å²) < 4.78 is 1.60. The second-order valence-corrected chi connectivity index (χ2v) is 4.99. The minimum Gasteiger partial charge on any atom is -0.392 e. The van der Waals surface area contributed by atoms with Crippen LogP contribution >= 0.6 is 11.3 Å². The van der Waals surface area contributed by atoms with Crippen LogP contribution in [-0.4, -0.2) is 40.2 Å². The van der Waals surface area contributed by atoms with Crippen LogP contribution in [0.15, 0.2) is 10.2 Å². The molecule has 0 radical (unpaired) electrons. The number of hydrogen-bond donors (Lipinski definition) is 1. The molecule has 1 unspecified atom stereocenters. The standard InChI is InChI=1S/C11H18N2O3S/c1-8-7-17-11(16)13(8)5-4-10(15)12(3)6-9(2)14/h7,9,14H,4-6H2,1-3H3. The fourth-order valence-electron chi connectivity index (χ4n) is 1.57. The number of aliphatic hydroxyl groups excluding tert-OH is 1. The summed E-state index contributed by atoms with van der Waals surface area (Å²) in [4.78, 5) is 24.6. The van der Waals surface area contributed by atoms with E-state index in [-0.39, 0.29) is 17.2 Å². The van der Waals surface area contributed by atoms with Crippen molar-refractivity contribution in [2.24, 2.45) is 0 Å². The van der Waals surface area contributed by atoms with Gasteiger partial charge in [-0.2, -0.15) is 0 Å². The second kappa shape index (κ2) is 5.97. The molecule has 0 aromatic carbocycles. The van der Waals surface area contributed by atoms with E-state index in [1.165, 1.54) is 4.90 Å². The third-order valence-electron chi connectivity index (χ3n) is 2.49. The van der Waals surface area contributed by atoms with Crippen molar-refractivity contribution in [3.63, 3.8) is 0 Å². The Labute approximate surface area is 104 Å². The van der Waals surface area contributed by atoms with Gasteiger partial charge in [0.1, 0.15) is 0 Å². The molecule has 6 heteroatoms. The molecule has 1 atom stereocenters. The largest absolute Gasteiger partial charge is 0.392 e. The molecule has 0 saturated heterocycles. The number of aromatic nitrogens is 1. The van der Waals surface area contributed by atoms with E-state index in [1.54, 1.807) is 23.9 Å². The Morgan fingerprint density at radius 3 is 2.76 bits per heavy atom. The van der Waals surface area contributed by atoms with Crippen molar-refractivity contribution in [1.82, 2.24) is 9.47 Å². The van der Waals surface area contributed by atoms with Gasteiger partial charge in [-0.1, -0.05) is 11.3 Å². The van der Waals surface area contributed by atoms with Gasteiger partial charge >= 0.3 is 4.87 Å². The first kappa shape index (κ1) is 13.9. The molecule has 1 aromatic rings. The third kappa shape index (κ3) is 3.98. The Balaban J connectivity index is 2.51. The van der Waals surface area contributed by atoms with Crippen LogP contribution in [0.5, 0.6) is 0 Å². The van der Waals surface area contributed by atoms with Crippen LogP contribution in [0.3, 0.4) is 0 Å². The first-order chi connectivity index (χ1) is 7.91. The minimum absolute atomic E-state index is 0.0338. The highest BCUT2D eigenvalue weighted by atomic mass is 32.1. The number of carbonyl (C=O) groups is 1. The van der Waals surface area contributed by atoms with Crippen molar-refractivity contribution in [2.45, 2.75) is 32.9 Å². The number of nitrogens with zero attached hydrogens (tertiary/aromatic N) is 2. The average Bonchev–Trinajstić information content (AvgIpc) is 2.54. The lowest BCUT2D eigenvalue weighted by atomic mass is 10.3. The number of amides is 1.